The molecule has 0 spiro atoms. The van der Waals surface area contributed by atoms with E-state index in [1.807, 2.05) is 12.1 Å². The lowest BCUT2D eigenvalue weighted by atomic mass is 9.97. The van der Waals surface area contributed by atoms with Crippen LogP contribution in [0.25, 0.3) is 0 Å². The molecular weight excluding hydrogens is 314 g/mol. The van der Waals surface area contributed by atoms with Crippen LogP contribution in [0.2, 0.25) is 0 Å². The monoisotopic (exact) mass is 345 g/mol. The van der Waals surface area contributed by atoms with E-state index in [-0.39, 0.29) is 12.5 Å². The molecule has 25 heavy (non-hydrogen) atoms. The van der Waals surface area contributed by atoms with Gasteiger partial charge in [-0.3, -0.25) is 9.69 Å². The number of amides is 1. The van der Waals surface area contributed by atoms with Crippen molar-refractivity contribution in [1.82, 2.24) is 14.7 Å². The van der Waals surface area contributed by atoms with E-state index >= 15 is 0 Å². The van der Waals surface area contributed by atoms with Crippen LogP contribution in [0.3, 0.4) is 0 Å². The van der Waals surface area contributed by atoms with E-state index < -0.39 is 0 Å². The van der Waals surface area contributed by atoms with Crippen molar-refractivity contribution in [2.45, 2.75) is 25.9 Å². The van der Waals surface area contributed by atoms with E-state index in [1.54, 1.807) is 0 Å². The summed E-state index contributed by atoms with van der Waals surface area (Å²) < 4.78 is 0. The summed E-state index contributed by atoms with van der Waals surface area (Å²) in [5.41, 5.74) is 2.23. The fraction of sp³-hybridized carbons (Fsp3) is 0.650. The number of nitrogens with zero attached hydrogens (tertiary/aromatic N) is 3. The lowest BCUT2D eigenvalue weighted by molar-refractivity contribution is -0.131. The van der Waals surface area contributed by atoms with E-state index in [9.17, 15) is 9.90 Å². The van der Waals surface area contributed by atoms with Crippen molar-refractivity contribution in [3.05, 3.63) is 35.4 Å². The van der Waals surface area contributed by atoms with Crippen molar-refractivity contribution in [3.8, 4) is 0 Å². The Bertz CT molecular complexity index is 578. The maximum absolute atomic E-state index is 12.6. The van der Waals surface area contributed by atoms with Gasteiger partial charge in [-0.15, -0.1) is 0 Å². The summed E-state index contributed by atoms with van der Waals surface area (Å²) in [6.45, 7) is 6.62. The third-order valence-electron chi connectivity index (χ3n) is 5.51. The molecule has 3 rings (SSSR count). The molecule has 1 atom stereocenters. The predicted octanol–water partition coefficient (Wildman–Crippen LogP) is 1.21. The van der Waals surface area contributed by atoms with Gasteiger partial charge in [0.1, 0.15) is 0 Å². The van der Waals surface area contributed by atoms with Crippen molar-refractivity contribution in [2.75, 3.05) is 52.9 Å². The number of aliphatic hydroxyl groups is 1. The first kappa shape index (κ1) is 18.4. The van der Waals surface area contributed by atoms with Crippen molar-refractivity contribution in [2.24, 2.45) is 5.92 Å². The van der Waals surface area contributed by atoms with Crippen molar-refractivity contribution in [3.63, 3.8) is 0 Å². The van der Waals surface area contributed by atoms with Crippen molar-refractivity contribution in [1.29, 1.82) is 0 Å². The number of aliphatic hydroxyl groups excluding tert-OH is 1. The van der Waals surface area contributed by atoms with Crippen LogP contribution in [0.5, 0.6) is 0 Å². The maximum atomic E-state index is 12.6. The number of benzene rings is 1. The Balaban J connectivity index is 1.47. The molecule has 138 valence electrons. The third kappa shape index (κ3) is 5.27. The zero-order valence-corrected chi connectivity index (χ0v) is 15.4. The van der Waals surface area contributed by atoms with Crippen LogP contribution in [0, 0.1) is 5.92 Å². The minimum absolute atomic E-state index is 0.0914. The summed E-state index contributed by atoms with van der Waals surface area (Å²) in [5.74, 6) is 0.823. The fourth-order valence-electron chi connectivity index (χ4n) is 3.96. The van der Waals surface area contributed by atoms with Gasteiger partial charge in [-0.25, -0.2) is 0 Å². The quantitative estimate of drug-likeness (QED) is 0.871. The molecule has 2 fully saturated rings. The first-order valence-electron chi connectivity index (χ1n) is 9.51. The number of hydrogen-bond donors (Lipinski definition) is 1. The van der Waals surface area contributed by atoms with Crippen LogP contribution >= 0.6 is 0 Å². The van der Waals surface area contributed by atoms with Gasteiger partial charge in [0.15, 0.2) is 0 Å². The van der Waals surface area contributed by atoms with Crippen LogP contribution in [-0.4, -0.2) is 78.6 Å². The number of carbonyl (C=O) groups is 1. The molecule has 2 aliphatic heterocycles. The SMILES string of the molecule is CN1CCCN(CC(=O)N2CC[C@H](Cc3cccc(CO)c3)C2)CC1. The Kier molecular flexibility index (Phi) is 6.45. The highest BCUT2D eigenvalue weighted by Crippen LogP contribution is 2.22. The lowest BCUT2D eigenvalue weighted by Gasteiger charge is -2.23. The molecule has 1 amide bonds. The summed E-state index contributed by atoms with van der Waals surface area (Å²) in [4.78, 5) is 19.3. The number of likely N-dealkylation sites (tertiary alicyclic amines) is 1. The molecule has 0 saturated carbocycles. The van der Waals surface area contributed by atoms with E-state index in [1.165, 1.54) is 5.56 Å². The van der Waals surface area contributed by atoms with E-state index in [0.29, 0.717) is 12.5 Å². The molecule has 0 aromatic heterocycles. The Hall–Kier alpha value is -1.43. The molecule has 0 aliphatic carbocycles. The van der Waals surface area contributed by atoms with Gasteiger partial charge >= 0.3 is 0 Å². The Morgan fingerprint density at radius 1 is 1.16 bits per heavy atom. The molecule has 5 nitrogen and oxygen atoms in total. The van der Waals surface area contributed by atoms with Gasteiger partial charge in [-0.1, -0.05) is 24.3 Å². The number of rotatable bonds is 5. The van der Waals surface area contributed by atoms with Crippen molar-refractivity contribution >= 4 is 5.91 Å². The summed E-state index contributed by atoms with van der Waals surface area (Å²) >= 11 is 0. The zero-order valence-electron chi connectivity index (χ0n) is 15.4. The molecule has 2 saturated heterocycles. The van der Waals surface area contributed by atoms with Gasteiger partial charge in [0, 0.05) is 26.2 Å². The molecule has 0 radical (unpaired) electrons. The van der Waals surface area contributed by atoms with Crippen LogP contribution < -0.4 is 0 Å². The van der Waals surface area contributed by atoms with E-state index in [4.69, 9.17) is 0 Å². The molecule has 1 aromatic carbocycles. The normalized spacial score (nSPS) is 23.0. The summed E-state index contributed by atoms with van der Waals surface area (Å²) in [6, 6.07) is 8.16. The van der Waals surface area contributed by atoms with E-state index in [0.717, 1.165) is 64.1 Å². The predicted molar refractivity (Wildman–Crippen MR) is 99.3 cm³/mol. The summed E-state index contributed by atoms with van der Waals surface area (Å²) in [6.07, 6.45) is 3.22. The topological polar surface area (TPSA) is 47.0 Å². The molecule has 0 unspecified atom stereocenters. The maximum Gasteiger partial charge on any atom is 0.236 e. The van der Waals surface area contributed by atoms with Gasteiger partial charge in [0.05, 0.1) is 13.2 Å². The molecular formula is C20H31N3O2. The Labute approximate surface area is 151 Å². The average molecular weight is 345 g/mol. The highest BCUT2D eigenvalue weighted by molar-refractivity contribution is 5.78. The number of likely N-dealkylation sites (N-methyl/N-ethyl adjacent to an activating group) is 1. The highest BCUT2D eigenvalue weighted by Gasteiger charge is 2.27. The lowest BCUT2D eigenvalue weighted by Crippen LogP contribution is -2.40. The largest absolute Gasteiger partial charge is 0.392 e. The third-order valence-corrected chi connectivity index (χ3v) is 5.51. The van der Waals surface area contributed by atoms with Gasteiger partial charge in [-0.05, 0) is 56.4 Å². The van der Waals surface area contributed by atoms with Gasteiger partial charge in [0.2, 0.25) is 5.91 Å². The highest BCUT2D eigenvalue weighted by atomic mass is 16.3. The zero-order chi connectivity index (χ0) is 17.6. The minimum atomic E-state index is 0.0914. The average Bonchev–Trinajstić information content (AvgIpc) is 2.98. The molecule has 0 bridgehead atoms. The van der Waals surface area contributed by atoms with Crippen LogP contribution in [-0.2, 0) is 17.8 Å². The number of hydrogen-bond acceptors (Lipinski definition) is 4. The standard InChI is InChI=1S/C20H31N3O2/c1-21-7-3-8-22(11-10-21)15-20(25)23-9-6-18(14-23)12-17-4-2-5-19(13-17)16-24/h2,4-5,13,18,24H,3,6-12,14-16H2,1H3/t18-/m1/s1. The second-order valence-corrected chi connectivity index (χ2v) is 7.61. The van der Waals surface area contributed by atoms with Crippen LogP contribution in [0.4, 0.5) is 0 Å². The Morgan fingerprint density at radius 2 is 2.00 bits per heavy atom. The second-order valence-electron chi connectivity index (χ2n) is 7.61. The molecule has 1 aromatic rings. The molecule has 2 aliphatic rings. The van der Waals surface area contributed by atoms with Crippen LogP contribution in [0.15, 0.2) is 24.3 Å². The first-order chi connectivity index (χ1) is 12.1. The van der Waals surface area contributed by atoms with Gasteiger partial charge in [0.25, 0.3) is 0 Å². The van der Waals surface area contributed by atoms with E-state index in [2.05, 4.69) is 33.9 Å². The van der Waals surface area contributed by atoms with Gasteiger partial charge < -0.3 is 14.9 Å². The molecule has 2 heterocycles. The molecule has 1 N–H and O–H groups in total. The Morgan fingerprint density at radius 3 is 2.84 bits per heavy atom. The first-order valence-corrected chi connectivity index (χ1v) is 9.51. The fourth-order valence-corrected chi connectivity index (χ4v) is 3.96. The molecule has 5 heteroatoms. The van der Waals surface area contributed by atoms with Gasteiger partial charge in [-0.2, -0.15) is 0 Å². The minimum Gasteiger partial charge on any atom is -0.392 e. The van der Waals surface area contributed by atoms with Crippen molar-refractivity contribution < 1.29 is 9.90 Å². The summed E-state index contributed by atoms with van der Waals surface area (Å²) in [7, 11) is 2.15. The summed E-state index contributed by atoms with van der Waals surface area (Å²) in [5, 5.41) is 9.27. The van der Waals surface area contributed by atoms with Crippen LogP contribution in [0.1, 0.15) is 24.0 Å². The smallest absolute Gasteiger partial charge is 0.236 e. The second kappa shape index (κ2) is 8.79. The number of carbonyl (C=O) groups excluding carboxylic acids is 1.